The number of hydrogen-bond acceptors (Lipinski definition) is 2. The van der Waals surface area contributed by atoms with E-state index in [4.69, 9.17) is 0 Å². The fourth-order valence-corrected chi connectivity index (χ4v) is 7.33. The minimum atomic E-state index is -0.0390. The van der Waals surface area contributed by atoms with Gasteiger partial charge in [0.2, 0.25) is 0 Å². The lowest BCUT2D eigenvalue weighted by molar-refractivity contribution is 0.591. The highest BCUT2D eigenvalue weighted by Gasteiger charge is 2.22. The number of nitrogens with zero attached hydrogens (tertiary/aromatic N) is 4. The monoisotopic (exact) mass is 646 g/mol. The maximum absolute atomic E-state index is 10.1. The van der Waals surface area contributed by atoms with Crippen LogP contribution in [-0.2, 0) is 10.8 Å². The Morgan fingerprint density at radius 2 is 0.940 bits per heavy atom. The highest BCUT2D eigenvalue weighted by atomic mass is 15.0. The normalized spacial score (nSPS) is 12.2. The van der Waals surface area contributed by atoms with Crippen molar-refractivity contribution in [1.82, 2.24) is 9.13 Å². The molecule has 0 bridgehead atoms. The molecule has 8 rings (SSSR count). The van der Waals surface area contributed by atoms with E-state index >= 15 is 0 Å². The molecule has 0 saturated heterocycles. The zero-order valence-electron chi connectivity index (χ0n) is 29.3. The predicted molar refractivity (Wildman–Crippen MR) is 207 cm³/mol. The summed E-state index contributed by atoms with van der Waals surface area (Å²) in [5.74, 6) is 0. The van der Waals surface area contributed by atoms with Gasteiger partial charge in [0.25, 0.3) is 0 Å². The molecule has 50 heavy (non-hydrogen) atoms. The van der Waals surface area contributed by atoms with Crippen LogP contribution in [0.15, 0.2) is 121 Å². The summed E-state index contributed by atoms with van der Waals surface area (Å²) in [6.07, 6.45) is 0. The number of fused-ring (bicyclic) bond motifs is 6. The summed E-state index contributed by atoms with van der Waals surface area (Å²) in [4.78, 5) is 0. The van der Waals surface area contributed by atoms with Crippen molar-refractivity contribution in [3.63, 3.8) is 0 Å². The van der Waals surface area contributed by atoms with Crippen molar-refractivity contribution in [1.29, 1.82) is 10.5 Å². The summed E-state index contributed by atoms with van der Waals surface area (Å²) < 4.78 is 4.51. The van der Waals surface area contributed by atoms with Crippen LogP contribution in [0.25, 0.3) is 66.1 Å². The van der Waals surface area contributed by atoms with E-state index < -0.39 is 0 Å². The zero-order valence-corrected chi connectivity index (χ0v) is 29.3. The number of rotatable bonds is 3. The number of benzene rings is 6. The van der Waals surface area contributed by atoms with Gasteiger partial charge in [-0.3, -0.25) is 0 Å². The molecule has 0 spiro atoms. The SMILES string of the molecule is CC(C)(C)c1ccc2c(c1)c1cc(-c3ccc4c(c3)c3cc(C(C)(C)C)ccc3n4-c3cc(C#N)ccc3C#N)ccc1n2-c1ccccc1. The first-order chi connectivity index (χ1) is 24.0. The molecule has 8 aromatic rings. The average Bonchev–Trinajstić information content (AvgIpc) is 3.62. The highest BCUT2D eigenvalue weighted by Crippen LogP contribution is 2.41. The van der Waals surface area contributed by atoms with Crippen molar-refractivity contribution in [3.8, 4) is 34.6 Å². The lowest BCUT2D eigenvalue weighted by Gasteiger charge is -2.19. The summed E-state index contributed by atoms with van der Waals surface area (Å²) in [6.45, 7) is 13.5. The molecule has 0 radical (unpaired) electrons. The smallest absolute Gasteiger partial charge is 0.101 e. The molecular formula is C46H38N4. The van der Waals surface area contributed by atoms with E-state index in [0.29, 0.717) is 16.8 Å². The molecule has 0 aliphatic heterocycles. The van der Waals surface area contributed by atoms with E-state index in [1.54, 1.807) is 12.1 Å². The third-order valence-corrected chi connectivity index (χ3v) is 10.1. The van der Waals surface area contributed by atoms with Gasteiger partial charge in [0, 0.05) is 27.2 Å². The van der Waals surface area contributed by atoms with E-state index in [9.17, 15) is 10.5 Å². The second-order valence-electron chi connectivity index (χ2n) is 15.4. The number of hydrogen-bond donors (Lipinski definition) is 0. The van der Waals surface area contributed by atoms with Gasteiger partial charge in [-0.05, 0) is 112 Å². The standard InChI is InChI=1S/C46H38N4/c1-45(2,3)33-16-20-41-38(25-33)36-23-30(14-18-40(36)49(41)35-10-8-7-9-11-35)31-15-19-42-37(24-31)39-26-34(46(4,5)6)17-21-43(39)50(42)44-22-29(27-47)12-13-32(44)28-48/h7-26H,1-6H3. The van der Waals surface area contributed by atoms with Gasteiger partial charge in [0.1, 0.15) is 6.07 Å². The second-order valence-corrected chi connectivity index (χ2v) is 15.4. The summed E-state index contributed by atoms with van der Waals surface area (Å²) in [5, 5.41) is 24.6. The molecule has 0 aliphatic carbocycles. The van der Waals surface area contributed by atoms with Gasteiger partial charge in [-0.15, -0.1) is 0 Å². The van der Waals surface area contributed by atoms with E-state index in [-0.39, 0.29) is 10.8 Å². The molecule has 0 atom stereocenters. The highest BCUT2D eigenvalue weighted by molar-refractivity contribution is 6.13. The topological polar surface area (TPSA) is 57.4 Å². The van der Waals surface area contributed by atoms with Crippen LogP contribution in [0.3, 0.4) is 0 Å². The lowest BCUT2D eigenvalue weighted by atomic mass is 9.86. The van der Waals surface area contributed by atoms with Crippen molar-refractivity contribution in [3.05, 3.63) is 144 Å². The van der Waals surface area contributed by atoms with Crippen molar-refractivity contribution in [2.45, 2.75) is 52.4 Å². The van der Waals surface area contributed by atoms with Crippen molar-refractivity contribution in [2.75, 3.05) is 0 Å². The van der Waals surface area contributed by atoms with Crippen LogP contribution in [0.2, 0.25) is 0 Å². The maximum atomic E-state index is 10.1. The third kappa shape index (κ3) is 4.96. The van der Waals surface area contributed by atoms with Crippen LogP contribution >= 0.6 is 0 Å². The fraction of sp³-hybridized carbons (Fsp3) is 0.174. The van der Waals surface area contributed by atoms with Gasteiger partial charge in [-0.1, -0.05) is 84.0 Å². The predicted octanol–water partition coefficient (Wildman–Crippen LogP) is 11.9. The number of para-hydroxylation sites is 1. The molecule has 4 heteroatoms. The largest absolute Gasteiger partial charge is 0.309 e. The third-order valence-electron chi connectivity index (χ3n) is 10.1. The van der Waals surface area contributed by atoms with Crippen molar-refractivity contribution in [2.24, 2.45) is 0 Å². The fourth-order valence-electron chi connectivity index (χ4n) is 7.33. The van der Waals surface area contributed by atoms with E-state index in [2.05, 4.69) is 166 Å². The van der Waals surface area contributed by atoms with E-state index in [1.807, 2.05) is 6.07 Å². The Morgan fingerprint density at radius 1 is 0.460 bits per heavy atom. The first-order valence-electron chi connectivity index (χ1n) is 17.1. The Balaban J connectivity index is 1.40. The molecule has 242 valence electrons. The van der Waals surface area contributed by atoms with Crippen LogP contribution in [0.1, 0.15) is 63.8 Å². The molecular weight excluding hydrogens is 609 g/mol. The Labute approximate surface area is 293 Å². The van der Waals surface area contributed by atoms with E-state index in [1.165, 1.54) is 32.9 Å². The van der Waals surface area contributed by atoms with Crippen LogP contribution < -0.4 is 0 Å². The molecule has 0 N–H and O–H groups in total. The Morgan fingerprint density at radius 3 is 1.42 bits per heavy atom. The first-order valence-corrected chi connectivity index (χ1v) is 17.1. The minimum Gasteiger partial charge on any atom is -0.309 e. The summed E-state index contributed by atoms with van der Waals surface area (Å²) >= 11 is 0. The Hall–Kier alpha value is -6.10. The Kier molecular flexibility index (Phi) is 7.00. The summed E-state index contributed by atoms with van der Waals surface area (Å²) in [7, 11) is 0. The van der Waals surface area contributed by atoms with Gasteiger partial charge in [-0.25, -0.2) is 0 Å². The van der Waals surface area contributed by atoms with Crippen LogP contribution in [0.5, 0.6) is 0 Å². The minimum absolute atomic E-state index is 0.0241. The van der Waals surface area contributed by atoms with Gasteiger partial charge in [-0.2, -0.15) is 10.5 Å². The van der Waals surface area contributed by atoms with Crippen molar-refractivity contribution < 1.29 is 0 Å². The van der Waals surface area contributed by atoms with Crippen LogP contribution in [-0.4, -0.2) is 9.13 Å². The first kappa shape index (κ1) is 31.2. The van der Waals surface area contributed by atoms with Crippen molar-refractivity contribution >= 4 is 43.6 Å². The molecule has 2 aromatic heterocycles. The quantitative estimate of drug-likeness (QED) is 0.192. The van der Waals surface area contributed by atoms with Gasteiger partial charge < -0.3 is 9.13 Å². The maximum Gasteiger partial charge on any atom is 0.101 e. The molecule has 0 amide bonds. The van der Waals surface area contributed by atoms with Gasteiger partial charge in [0.15, 0.2) is 0 Å². The molecule has 4 nitrogen and oxygen atoms in total. The molecule has 0 fully saturated rings. The van der Waals surface area contributed by atoms with E-state index in [0.717, 1.165) is 38.6 Å². The lowest BCUT2D eigenvalue weighted by Crippen LogP contribution is -2.10. The Bertz CT molecular complexity index is 2730. The molecule has 6 aromatic carbocycles. The molecule has 0 saturated carbocycles. The van der Waals surface area contributed by atoms with Crippen LogP contribution in [0, 0.1) is 22.7 Å². The van der Waals surface area contributed by atoms with Gasteiger partial charge in [0.05, 0.1) is 45.0 Å². The second kappa shape index (κ2) is 11.2. The number of aromatic nitrogens is 2. The molecule has 0 aliphatic rings. The van der Waals surface area contributed by atoms with Crippen LogP contribution in [0.4, 0.5) is 0 Å². The van der Waals surface area contributed by atoms with Gasteiger partial charge >= 0.3 is 0 Å². The summed E-state index contributed by atoms with van der Waals surface area (Å²) in [5.41, 5.74) is 12.1. The summed E-state index contributed by atoms with van der Waals surface area (Å²) in [6, 6.07) is 47.5. The molecule has 2 heterocycles. The average molecular weight is 647 g/mol. The molecule has 0 unspecified atom stereocenters. The number of nitriles is 2. The zero-order chi connectivity index (χ0) is 34.9.